The molecule has 0 aliphatic heterocycles. The van der Waals surface area contributed by atoms with Gasteiger partial charge in [0.05, 0.1) is 6.10 Å². The van der Waals surface area contributed by atoms with Gasteiger partial charge in [0, 0.05) is 0 Å². The zero-order chi connectivity index (χ0) is 8.15. The summed E-state index contributed by atoms with van der Waals surface area (Å²) >= 11 is 0. The lowest BCUT2D eigenvalue weighted by Crippen LogP contribution is -2.06. The molecule has 58 valence electrons. The number of hydrogen-bond donors (Lipinski definition) is 1. The second-order valence-corrected chi connectivity index (χ2v) is 2.86. The van der Waals surface area contributed by atoms with Crippen molar-refractivity contribution < 1.29 is 5.11 Å². The van der Waals surface area contributed by atoms with Crippen molar-refractivity contribution in [1.82, 2.24) is 0 Å². The molecule has 0 saturated carbocycles. The number of allylic oxidation sites excluding steroid dienone is 1. The van der Waals surface area contributed by atoms with Gasteiger partial charge in [-0.2, -0.15) is 0 Å². The fraction of sp³-hybridized carbons (Fsp3) is 0.556. The lowest BCUT2D eigenvalue weighted by molar-refractivity contribution is 0.201. The number of rotatable bonds is 4. The van der Waals surface area contributed by atoms with Gasteiger partial charge in [0.15, 0.2) is 0 Å². The molecule has 0 aromatic rings. The van der Waals surface area contributed by atoms with Crippen LogP contribution in [0.2, 0.25) is 0 Å². The first kappa shape index (κ1) is 9.44. The van der Waals surface area contributed by atoms with Crippen LogP contribution in [0, 0.1) is 0 Å². The smallest absolute Gasteiger partial charge is 0.0747 e. The fourth-order valence-electron chi connectivity index (χ4n) is 0.630. The van der Waals surface area contributed by atoms with Gasteiger partial charge in [-0.05, 0) is 26.7 Å². The summed E-state index contributed by atoms with van der Waals surface area (Å²) in [7, 11) is 0. The van der Waals surface area contributed by atoms with Gasteiger partial charge in [-0.3, -0.25) is 0 Å². The van der Waals surface area contributed by atoms with Gasteiger partial charge < -0.3 is 5.11 Å². The van der Waals surface area contributed by atoms with Crippen molar-refractivity contribution in [3.8, 4) is 0 Å². The molecule has 0 aliphatic rings. The van der Waals surface area contributed by atoms with E-state index in [-0.39, 0.29) is 6.10 Å². The van der Waals surface area contributed by atoms with E-state index in [1.807, 2.05) is 13.8 Å². The molecular weight excluding hydrogens is 124 g/mol. The van der Waals surface area contributed by atoms with E-state index in [4.69, 9.17) is 0 Å². The summed E-state index contributed by atoms with van der Waals surface area (Å²) in [5, 5.41) is 9.23. The average molecular weight is 140 g/mol. The van der Waals surface area contributed by atoms with Gasteiger partial charge in [0.1, 0.15) is 0 Å². The summed E-state index contributed by atoms with van der Waals surface area (Å²) in [4.78, 5) is 0. The van der Waals surface area contributed by atoms with Gasteiger partial charge in [0.2, 0.25) is 0 Å². The van der Waals surface area contributed by atoms with E-state index < -0.39 is 0 Å². The van der Waals surface area contributed by atoms with E-state index in [1.54, 1.807) is 0 Å². The molecule has 1 N–H and O–H groups in total. The highest BCUT2D eigenvalue weighted by atomic mass is 16.3. The number of hydrogen-bond acceptors (Lipinski definition) is 1. The van der Waals surface area contributed by atoms with Crippen molar-refractivity contribution in [2.45, 2.75) is 32.8 Å². The molecule has 0 heterocycles. The molecule has 0 bridgehead atoms. The van der Waals surface area contributed by atoms with Gasteiger partial charge in [-0.1, -0.05) is 17.7 Å². The van der Waals surface area contributed by atoms with Crippen LogP contribution in [0.4, 0.5) is 0 Å². The van der Waals surface area contributed by atoms with Crippen molar-refractivity contribution in [2.24, 2.45) is 0 Å². The van der Waals surface area contributed by atoms with Crippen molar-refractivity contribution in [2.75, 3.05) is 0 Å². The molecule has 0 fully saturated rings. The van der Waals surface area contributed by atoms with Gasteiger partial charge in [-0.25, -0.2) is 0 Å². The van der Waals surface area contributed by atoms with Gasteiger partial charge >= 0.3 is 0 Å². The van der Waals surface area contributed by atoms with Crippen LogP contribution in [-0.2, 0) is 0 Å². The van der Waals surface area contributed by atoms with Crippen LogP contribution in [0.15, 0.2) is 24.3 Å². The van der Waals surface area contributed by atoms with Crippen LogP contribution in [0.3, 0.4) is 0 Å². The molecular formula is C9H16O. The first-order chi connectivity index (χ1) is 4.54. The highest BCUT2D eigenvalue weighted by Crippen LogP contribution is 2.09. The molecule has 0 amide bonds. The Balaban J connectivity index is 3.49. The lowest BCUT2D eigenvalue weighted by atomic mass is 10.1. The Bertz CT molecular complexity index is 136. The maximum atomic E-state index is 9.23. The summed E-state index contributed by atoms with van der Waals surface area (Å²) in [6.45, 7) is 11.2. The second-order valence-electron chi connectivity index (χ2n) is 2.86. The molecule has 10 heavy (non-hydrogen) atoms. The van der Waals surface area contributed by atoms with Crippen LogP contribution >= 0.6 is 0 Å². The largest absolute Gasteiger partial charge is 0.389 e. The molecule has 1 nitrogen and oxygen atoms in total. The molecule has 1 unspecified atom stereocenters. The fourth-order valence-corrected chi connectivity index (χ4v) is 0.630. The molecule has 0 aromatic heterocycles. The van der Waals surface area contributed by atoms with Crippen molar-refractivity contribution in [3.63, 3.8) is 0 Å². The van der Waals surface area contributed by atoms with Crippen molar-refractivity contribution in [1.29, 1.82) is 0 Å². The first-order valence-electron chi connectivity index (χ1n) is 3.52. The zero-order valence-corrected chi connectivity index (χ0v) is 6.85. The third kappa shape index (κ3) is 4.33. The molecule has 1 atom stereocenters. The first-order valence-corrected chi connectivity index (χ1v) is 3.52. The predicted octanol–water partition coefficient (Wildman–Crippen LogP) is 2.28. The molecule has 0 radical (unpaired) electrons. The monoisotopic (exact) mass is 140 g/mol. The van der Waals surface area contributed by atoms with Crippen LogP contribution in [0.25, 0.3) is 0 Å². The normalized spacial score (nSPS) is 12.7. The molecule has 0 spiro atoms. The van der Waals surface area contributed by atoms with Crippen molar-refractivity contribution >= 4 is 0 Å². The summed E-state index contributed by atoms with van der Waals surface area (Å²) in [6, 6.07) is 0. The second kappa shape index (κ2) is 4.29. The molecule has 0 aromatic carbocycles. The Labute approximate surface area is 63.1 Å². The number of aliphatic hydroxyl groups excluding tert-OH is 1. The molecule has 0 saturated heterocycles. The van der Waals surface area contributed by atoms with Crippen LogP contribution in [0.5, 0.6) is 0 Å². The Hall–Kier alpha value is -0.560. The molecule has 1 heteroatoms. The van der Waals surface area contributed by atoms with E-state index in [0.29, 0.717) is 0 Å². The maximum Gasteiger partial charge on any atom is 0.0747 e. The zero-order valence-electron chi connectivity index (χ0n) is 6.85. The van der Waals surface area contributed by atoms with E-state index in [0.717, 1.165) is 24.0 Å². The van der Waals surface area contributed by atoms with Crippen LogP contribution in [0.1, 0.15) is 26.7 Å². The number of aliphatic hydroxyl groups is 1. The SMILES string of the molecule is C=C(C)CCC(O)C(=C)C. The Kier molecular flexibility index (Phi) is 4.05. The Morgan fingerprint density at radius 2 is 1.90 bits per heavy atom. The highest BCUT2D eigenvalue weighted by Gasteiger charge is 2.02. The summed E-state index contributed by atoms with van der Waals surface area (Å²) < 4.78 is 0. The minimum Gasteiger partial charge on any atom is -0.389 e. The van der Waals surface area contributed by atoms with E-state index in [9.17, 15) is 5.11 Å². The summed E-state index contributed by atoms with van der Waals surface area (Å²) in [6.07, 6.45) is 1.29. The third-order valence-electron chi connectivity index (χ3n) is 1.41. The quantitative estimate of drug-likeness (QED) is 0.594. The molecule has 0 aliphatic carbocycles. The Morgan fingerprint density at radius 3 is 2.20 bits per heavy atom. The summed E-state index contributed by atoms with van der Waals surface area (Å²) in [5.41, 5.74) is 1.95. The predicted molar refractivity (Wildman–Crippen MR) is 44.9 cm³/mol. The van der Waals surface area contributed by atoms with E-state index in [2.05, 4.69) is 13.2 Å². The van der Waals surface area contributed by atoms with Crippen LogP contribution < -0.4 is 0 Å². The maximum absolute atomic E-state index is 9.23. The van der Waals surface area contributed by atoms with E-state index in [1.165, 1.54) is 0 Å². The van der Waals surface area contributed by atoms with Crippen molar-refractivity contribution in [3.05, 3.63) is 24.3 Å². The Morgan fingerprint density at radius 1 is 1.40 bits per heavy atom. The van der Waals surface area contributed by atoms with E-state index >= 15 is 0 Å². The topological polar surface area (TPSA) is 20.2 Å². The molecule has 0 rings (SSSR count). The standard InChI is InChI=1S/C9H16O/c1-7(2)5-6-9(10)8(3)4/h9-10H,1,3,5-6H2,2,4H3. The minimum atomic E-state index is -0.350. The summed E-state index contributed by atoms with van der Waals surface area (Å²) in [5.74, 6) is 0. The minimum absolute atomic E-state index is 0.350. The highest BCUT2D eigenvalue weighted by molar-refractivity contribution is 4.99. The van der Waals surface area contributed by atoms with Gasteiger partial charge in [-0.15, -0.1) is 6.58 Å². The van der Waals surface area contributed by atoms with Crippen LogP contribution in [-0.4, -0.2) is 11.2 Å². The lowest BCUT2D eigenvalue weighted by Gasteiger charge is -2.08. The average Bonchev–Trinajstić information content (AvgIpc) is 1.82. The third-order valence-corrected chi connectivity index (χ3v) is 1.41. The van der Waals surface area contributed by atoms with Gasteiger partial charge in [0.25, 0.3) is 0 Å².